The van der Waals surface area contributed by atoms with Crippen LogP contribution in [-0.2, 0) is 11.3 Å². The molecular weight excluding hydrogens is 240 g/mol. The maximum Gasteiger partial charge on any atom is 0.147 e. The molecule has 1 aliphatic heterocycles. The molecule has 0 bridgehead atoms. The van der Waals surface area contributed by atoms with Crippen molar-refractivity contribution in [1.29, 1.82) is 0 Å². The van der Waals surface area contributed by atoms with E-state index in [-0.39, 0.29) is 0 Å². The fraction of sp³-hybridized carbons (Fsp3) is 0.714. The molecule has 3 rings (SSSR count). The Morgan fingerprint density at radius 2 is 2.26 bits per heavy atom. The van der Waals surface area contributed by atoms with Crippen molar-refractivity contribution >= 4 is 5.82 Å². The Morgan fingerprint density at radius 1 is 1.37 bits per heavy atom. The molecule has 1 saturated heterocycles. The van der Waals surface area contributed by atoms with Crippen molar-refractivity contribution < 1.29 is 4.74 Å². The van der Waals surface area contributed by atoms with Crippen LogP contribution in [0, 0.1) is 0 Å². The lowest BCUT2D eigenvalue weighted by Gasteiger charge is -2.35. The number of hydrogen-bond acceptors (Lipinski definition) is 5. The summed E-state index contributed by atoms with van der Waals surface area (Å²) in [6.07, 6.45) is 7.48. The van der Waals surface area contributed by atoms with E-state index in [1.54, 1.807) is 0 Å². The molecule has 1 aliphatic carbocycles. The molecule has 1 aromatic rings. The van der Waals surface area contributed by atoms with Crippen LogP contribution in [0.5, 0.6) is 0 Å². The molecule has 5 heteroatoms. The van der Waals surface area contributed by atoms with E-state index in [1.165, 1.54) is 12.8 Å². The third kappa shape index (κ3) is 3.22. The van der Waals surface area contributed by atoms with Crippen molar-refractivity contribution in [1.82, 2.24) is 15.3 Å². The highest BCUT2D eigenvalue weighted by atomic mass is 16.5. The fourth-order valence-corrected chi connectivity index (χ4v) is 2.42. The molecule has 1 unspecified atom stereocenters. The number of ether oxygens (including phenoxy) is 1. The Morgan fingerprint density at radius 3 is 2.95 bits per heavy atom. The Bertz CT molecular complexity index is 404. The van der Waals surface area contributed by atoms with Gasteiger partial charge in [0, 0.05) is 19.1 Å². The predicted octanol–water partition coefficient (Wildman–Crippen LogP) is 1.34. The van der Waals surface area contributed by atoms with Crippen LogP contribution in [0.3, 0.4) is 0 Å². The average molecular weight is 262 g/mol. The van der Waals surface area contributed by atoms with Gasteiger partial charge in [0.1, 0.15) is 5.82 Å². The second-order valence-corrected chi connectivity index (χ2v) is 5.35. The summed E-state index contributed by atoms with van der Waals surface area (Å²) in [6, 6.07) is 1.14. The summed E-state index contributed by atoms with van der Waals surface area (Å²) < 4.78 is 5.52. The van der Waals surface area contributed by atoms with Gasteiger partial charge in [-0.3, -0.25) is 4.98 Å². The summed E-state index contributed by atoms with van der Waals surface area (Å²) >= 11 is 0. The van der Waals surface area contributed by atoms with Crippen LogP contribution in [0.1, 0.15) is 31.9 Å². The molecule has 1 aromatic heterocycles. The minimum absolute atomic E-state index is 0.429. The van der Waals surface area contributed by atoms with Gasteiger partial charge in [0.25, 0.3) is 0 Å². The number of hydrogen-bond donors (Lipinski definition) is 1. The SMILES string of the molecule is CCC1COCCN1c1cnc(CNC2CC2)cn1. The van der Waals surface area contributed by atoms with E-state index < -0.39 is 0 Å². The fourth-order valence-electron chi connectivity index (χ4n) is 2.42. The molecule has 2 aliphatic rings. The molecule has 0 aromatic carbocycles. The van der Waals surface area contributed by atoms with Gasteiger partial charge < -0.3 is 15.0 Å². The average Bonchev–Trinajstić information content (AvgIpc) is 3.30. The Kier molecular flexibility index (Phi) is 3.94. The van der Waals surface area contributed by atoms with Crippen molar-refractivity contribution in [3.63, 3.8) is 0 Å². The zero-order valence-electron chi connectivity index (χ0n) is 11.5. The summed E-state index contributed by atoms with van der Waals surface area (Å²) in [6.45, 7) is 5.51. The Hall–Kier alpha value is -1.20. The monoisotopic (exact) mass is 262 g/mol. The van der Waals surface area contributed by atoms with Crippen molar-refractivity contribution in [3.8, 4) is 0 Å². The molecule has 1 saturated carbocycles. The van der Waals surface area contributed by atoms with E-state index in [0.29, 0.717) is 12.1 Å². The number of anilines is 1. The summed E-state index contributed by atoms with van der Waals surface area (Å²) in [5, 5.41) is 3.46. The smallest absolute Gasteiger partial charge is 0.147 e. The van der Waals surface area contributed by atoms with Gasteiger partial charge in [0.2, 0.25) is 0 Å². The zero-order valence-corrected chi connectivity index (χ0v) is 11.5. The van der Waals surface area contributed by atoms with Gasteiger partial charge >= 0.3 is 0 Å². The van der Waals surface area contributed by atoms with Gasteiger partial charge in [-0.25, -0.2) is 4.98 Å². The van der Waals surface area contributed by atoms with E-state index in [4.69, 9.17) is 4.74 Å². The maximum atomic E-state index is 5.52. The quantitative estimate of drug-likeness (QED) is 0.868. The predicted molar refractivity (Wildman–Crippen MR) is 74.1 cm³/mol. The molecule has 0 amide bonds. The van der Waals surface area contributed by atoms with E-state index in [1.807, 2.05) is 12.4 Å². The number of morpholine rings is 1. The Labute approximate surface area is 114 Å². The molecule has 2 heterocycles. The number of aromatic nitrogens is 2. The standard InChI is InChI=1S/C14H22N4O/c1-2-13-10-19-6-5-18(13)14-9-16-12(8-17-14)7-15-11-3-4-11/h8-9,11,13,15H,2-7,10H2,1H3. The van der Waals surface area contributed by atoms with Gasteiger partial charge in [-0.05, 0) is 19.3 Å². The number of nitrogens with zero attached hydrogens (tertiary/aromatic N) is 3. The summed E-state index contributed by atoms with van der Waals surface area (Å²) in [4.78, 5) is 11.4. The highest BCUT2D eigenvalue weighted by Crippen LogP contribution is 2.20. The lowest BCUT2D eigenvalue weighted by molar-refractivity contribution is 0.0925. The molecule has 5 nitrogen and oxygen atoms in total. The van der Waals surface area contributed by atoms with E-state index in [2.05, 4.69) is 27.1 Å². The zero-order chi connectivity index (χ0) is 13.1. The summed E-state index contributed by atoms with van der Waals surface area (Å²) in [5.74, 6) is 0.977. The number of nitrogens with one attached hydrogen (secondary N) is 1. The third-order valence-electron chi connectivity index (χ3n) is 3.83. The van der Waals surface area contributed by atoms with Crippen LogP contribution in [0.25, 0.3) is 0 Å². The molecular formula is C14H22N4O. The van der Waals surface area contributed by atoms with Crippen LogP contribution < -0.4 is 10.2 Å². The van der Waals surface area contributed by atoms with Crippen LogP contribution in [-0.4, -0.2) is 41.8 Å². The molecule has 1 atom stereocenters. The first kappa shape index (κ1) is 12.8. The van der Waals surface area contributed by atoms with E-state index >= 15 is 0 Å². The van der Waals surface area contributed by atoms with E-state index in [9.17, 15) is 0 Å². The van der Waals surface area contributed by atoms with Crippen LogP contribution in [0.4, 0.5) is 5.82 Å². The minimum Gasteiger partial charge on any atom is -0.377 e. The molecule has 104 valence electrons. The van der Waals surface area contributed by atoms with Gasteiger partial charge in [-0.1, -0.05) is 6.92 Å². The third-order valence-corrected chi connectivity index (χ3v) is 3.83. The normalized spacial score (nSPS) is 23.6. The van der Waals surface area contributed by atoms with Gasteiger partial charge in [-0.15, -0.1) is 0 Å². The van der Waals surface area contributed by atoms with Crippen molar-refractivity contribution in [2.75, 3.05) is 24.7 Å². The lowest BCUT2D eigenvalue weighted by Crippen LogP contribution is -2.45. The topological polar surface area (TPSA) is 50.3 Å². The van der Waals surface area contributed by atoms with Crippen LogP contribution in [0.15, 0.2) is 12.4 Å². The molecule has 0 spiro atoms. The summed E-state index contributed by atoms with van der Waals surface area (Å²) in [7, 11) is 0. The highest BCUT2D eigenvalue weighted by molar-refractivity contribution is 5.38. The highest BCUT2D eigenvalue weighted by Gasteiger charge is 2.23. The minimum atomic E-state index is 0.429. The molecule has 19 heavy (non-hydrogen) atoms. The van der Waals surface area contributed by atoms with Crippen molar-refractivity contribution in [2.24, 2.45) is 0 Å². The van der Waals surface area contributed by atoms with Gasteiger partial charge in [0.15, 0.2) is 0 Å². The second-order valence-electron chi connectivity index (χ2n) is 5.35. The van der Waals surface area contributed by atoms with Crippen molar-refractivity contribution in [3.05, 3.63) is 18.1 Å². The maximum absolute atomic E-state index is 5.52. The van der Waals surface area contributed by atoms with Gasteiger partial charge in [0.05, 0.1) is 37.3 Å². The van der Waals surface area contributed by atoms with Crippen LogP contribution in [0.2, 0.25) is 0 Å². The number of rotatable bonds is 5. The molecule has 0 radical (unpaired) electrons. The molecule has 2 fully saturated rings. The van der Waals surface area contributed by atoms with Crippen LogP contribution >= 0.6 is 0 Å². The lowest BCUT2D eigenvalue weighted by atomic mass is 10.2. The largest absolute Gasteiger partial charge is 0.377 e. The first-order valence-electron chi connectivity index (χ1n) is 7.25. The van der Waals surface area contributed by atoms with E-state index in [0.717, 1.165) is 44.2 Å². The second kappa shape index (κ2) is 5.84. The van der Waals surface area contributed by atoms with Crippen molar-refractivity contribution in [2.45, 2.75) is 44.8 Å². The Balaban J connectivity index is 1.62. The van der Waals surface area contributed by atoms with Gasteiger partial charge in [-0.2, -0.15) is 0 Å². The summed E-state index contributed by atoms with van der Waals surface area (Å²) in [5.41, 5.74) is 1.02. The first-order valence-corrected chi connectivity index (χ1v) is 7.25. The first-order chi connectivity index (χ1) is 9.36. The molecule has 1 N–H and O–H groups in total.